The molecular weight excluding hydrogens is 528 g/mol. The van der Waals surface area contributed by atoms with Gasteiger partial charge in [-0.25, -0.2) is 0 Å². The summed E-state index contributed by atoms with van der Waals surface area (Å²) in [5.74, 6) is -1.23. The summed E-state index contributed by atoms with van der Waals surface area (Å²) in [5.41, 5.74) is 0. The summed E-state index contributed by atoms with van der Waals surface area (Å²) in [6.07, 6.45) is 5.47. The fourth-order valence-electron chi connectivity index (χ4n) is 7.46. The quantitative estimate of drug-likeness (QED) is 0.335. The summed E-state index contributed by atoms with van der Waals surface area (Å²) in [6.45, 7) is 18.7. The maximum absolute atomic E-state index is 14.7. The largest absolute Gasteiger partial charge is 0.394 e. The van der Waals surface area contributed by atoms with Crippen LogP contribution in [-0.4, -0.2) is 130 Å². The van der Waals surface area contributed by atoms with Crippen molar-refractivity contribution in [2.45, 2.75) is 61.6 Å². The van der Waals surface area contributed by atoms with E-state index in [-0.39, 0.29) is 30.2 Å². The first-order valence-electron chi connectivity index (χ1n) is 14.7. The molecule has 4 heterocycles. The van der Waals surface area contributed by atoms with Crippen LogP contribution in [-0.2, 0) is 19.1 Å². The van der Waals surface area contributed by atoms with Crippen molar-refractivity contribution in [1.82, 2.24) is 19.6 Å². The second kappa shape index (κ2) is 12.5. The van der Waals surface area contributed by atoms with E-state index in [1.165, 1.54) is 0 Å². The van der Waals surface area contributed by atoms with Crippen molar-refractivity contribution in [1.29, 1.82) is 0 Å². The van der Waals surface area contributed by atoms with Crippen molar-refractivity contribution < 1.29 is 24.2 Å². The van der Waals surface area contributed by atoms with E-state index in [0.717, 1.165) is 19.5 Å². The van der Waals surface area contributed by atoms with Gasteiger partial charge in [0.2, 0.25) is 17.7 Å². The minimum atomic E-state index is -0.736. The number of aliphatic hydroxyl groups is 1. The van der Waals surface area contributed by atoms with Crippen LogP contribution in [0.5, 0.6) is 0 Å². The number of morpholine rings is 1. The van der Waals surface area contributed by atoms with Crippen LogP contribution in [0.4, 0.5) is 0 Å². The second-order valence-electron chi connectivity index (χ2n) is 12.5. The van der Waals surface area contributed by atoms with E-state index in [9.17, 15) is 19.5 Å². The molecule has 2 bridgehead atoms. The molecule has 4 saturated heterocycles. The van der Waals surface area contributed by atoms with E-state index in [4.69, 9.17) is 4.74 Å². The zero-order valence-electron chi connectivity index (χ0n) is 24.7. The van der Waals surface area contributed by atoms with E-state index in [1.54, 1.807) is 40.8 Å². The Bertz CT molecular complexity index is 987. The fourth-order valence-corrected chi connectivity index (χ4v) is 9.79. The normalized spacial score (nSPS) is 32.3. The number of aliphatic hydroxyl groups excluding tert-OH is 1. The van der Waals surface area contributed by atoms with Crippen LogP contribution in [0.3, 0.4) is 0 Å². The van der Waals surface area contributed by atoms with Gasteiger partial charge in [0.1, 0.15) is 6.04 Å². The Hall–Kier alpha value is -1.88. The standard InChI is InChI=1S/C30H48N4O5S/c1-7-11-31(6)26(36)23-24-27(37)34(22(20-35)19-21(3)4)25(30(24)10-9-29(23,5)40-30)28(38)33(12-8-2)14-13-32-15-17-39-18-16-32/h7-8,21-25,35H,1-2,9-20H2,3-6H3/t22-,23+,24+,25?,29-,30?/m1/s1. The number of amides is 3. The minimum absolute atomic E-state index is 0.0671. The highest BCUT2D eigenvalue weighted by atomic mass is 32.2. The van der Waals surface area contributed by atoms with Crippen LogP contribution in [0.15, 0.2) is 25.3 Å². The lowest BCUT2D eigenvalue weighted by Gasteiger charge is -2.40. The number of fused-ring (bicyclic) bond motifs is 1. The van der Waals surface area contributed by atoms with Crippen molar-refractivity contribution in [3.05, 3.63) is 25.3 Å². The summed E-state index contributed by atoms with van der Waals surface area (Å²) >= 11 is 1.68. The molecule has 0 saturated carbocycles. The first-order valence-corrected chi connectivity index (χ1v) is 15.5. The Labute approximate surface area is 243 Å². The van der Waals surface area contributed by atoms with Crippen LogP contribution in [0.25, 0.3) is 0 Å². The van der Waals surface area contributed by atoms with Crippen molar-refractivity contribution >= 4 is 29.5 Å². The molecule has 4 aliphatic heterocycles. The number of carbonyl (C=O) groups excluding carboxylic acids is 3. The van der Waals surface area contributed by atoms with E-state index < -0.39 is 33.4 Å². The minimum Gasteiger partial charge on any atom is -0.394 e. The molecule has 2 unspecified atom stereocenters. The average Bonchev–Trinajstić information content (AvgIpc) is 3.50. The number of carbonyl (C=O) groups is 3. The number of hydrogen-bond donors (Lipinski definition) is 1. The molecule has 224 valence electrons. The molecule has 0 aliphatic carbocycles. The summed E-state index contributed by atoms with van der Waals surface area (Å²) in [5, 5.41) is 10.5. The fraction of sp³-hybridized carbons (Fsp3) is 0.767. The predicted octanol–water partition coefficient (Wildman–Crippen LogP) is 1.87. The van der Waals surface area contributed by atoms with Gasteiger partial charge in [0.05, 0.1) is 42.4 Å². The van der Waals surface area contributed by atoms with E-state index in [1.807, 2.05) is 4.90 Å². The maximum atomic E-state index is 14.7. The monoisotopic (exact) mass is 576 g/mol. The van der Waals surface area contributed by atoms with Crippen LogP contribution in [0.1, 0.15) is 40.0 Å². The SMILES string of the molecule is C=CCN(C)C(=O)[C@@H]1[C@H]2C(=O)N([C@@H](CO)CC(C)C)C(C(=O)N(CC=C)CCN3CCOCC3)C23CC[C@@]1(C)S3. The number of rotatable bonds is 13. The van der Waals surface area contributed by atoms with Gasteiger partial charge in [0.15, 0.2) is 0 Å². The Morgan fingerprint density at radius 3 is 2.45 bits per heavy atom. The van der Waals surface area contributed by atoms with Gasteiger partial charge in [-0.2, -0.15) is 0 Å². The zero-order chi connectivity index (χ0) is 29.2. The molecule has 1 spiro atoms. The van der Waals surface area contributed by atoms with Gasteiger partial charge in [-0.1, -0.05) is 26.0 Å². The van der Waals surface area contributed by atoms with Crippen molar-refractivity contribution in [2.75, 3.05) is 66.1 Å². The van der Waals surface area contributed by atoms with Crippen LogP contribution >= 0.6 is 11.8 Å². The van der Waals surface area contributed by atoms with E-state index in [0.29, 0.717) is 52.2 Å². The lowest BCUT2D eigenvalue weighted by Crippen LogP contribution is -2.58. The van der Waals surface area contributed by atoms with Crippen molar-refractivity contribution in [3.8, 4) is 0 Å². The smallest absolute Gasteiger partial charge is 0.247 e. The first-order chi connectivity index (χ1) is 19.0. The molecule has 0 aromatic carbocycles. The third kappa shape index (κ3) is 5.49. The molecule has 0 radical (unpaired) electrons. The summed E-state index contributed by atoms with van der Waals surface area (Å²) < 4.78 is 4.35. The van der Waals surface area contributed by atoms with Gasteiger partial charge in [-0.3, -0.25) is 19.3 Å². The van der Waals surface area contributed by atoms with Crippen LogP contribution in [0, 0.1) is 17.8 Å². The van der Waals surface area contributed by atoms with E-state index in [2.05, 4.69) is 38.8 Å². The highest BCUT2D eigenvalue weighted by Crippen LogP contribution is 2.72. The molecule has 0 aromatic heterocycles. The summed E-state index contributed by atoms with van der Waals surface area (Å²) in [7, 11) is 1.75. The Morgan fingerprint density at radius 1 is 1.18 bits per heavy atom. The van der Waals surface area contributed by atoms with Gasteiger partial charge >= 0.3 is 0 Å². The number of ether oxygens (including phenoxy) is 1. The Kier molecular flexibility index (Phi) is 9.75. The first kappa shape index (κ1) is 31.1. The summed E-state index contributed by atoms with van der Waals surface area (Å²) in [4.78, 5) is 50.5. The lowest BCUT2D eigenvalue weighted by molar-refractivity contribution is -0.147. The van der Waals surface area contributed by atoms with Gasteiger partial charge < -0.3 is 24.5 Å². The third-order valence-corrected chi connectivity index (χ3v) is 11.3. The molecule has 40 heavy (non-hydrogen) atoms. The molecule has 1 N–H and O–H groups in total. The second-order valence-corrected chi connectivity index (χ2v) is 14.4. The molecule has 4 rings (SSSR count). The van der Waals surface area contributed by atoms with Gasteiger partial charge in [0, 0.05) is 51.1 Å². The van der Waals surface area contributed by atoms with Gasteiger partial charge in [-0.15, -0.1) is 24.9 Å². The summed E-state index contributed by atoms with van der Waals surface area (Å²) in [6, 6.07) is -1.22. The highest BCUT2D eigenvalue weighted by molar-refractivity contribution is 8.02. The highest BCUT2D eigenvalue weighted by Gasteiger charge is 2.78. The zero-order valence-corrected chi connectivity index (χ0v) is 25.5. The maximum Gasteiger partial charge on any atom is 0.247 e. The van der Waals surface area contributed by atoms with Gasteiger partial charge in [-0.05, 0) is 32.1 Å². The number of thioether (sulfide) groups is 1. The molecule has 0 aromatic rings. The third-order valence-electron chi connectivity index (χ3n) is 9.29. The molecule has 3 amide bonds. The lowest BCUT2D eigenvalue weighted by atomic mass is 9.66. The van der Waals surface area contributed by atoms with Crippen molar-refractivity contribution in [3.63, 3.8) is 0 Å². The Morgan fingerprint density at radius 2 is 1.85 bits per heavy atom. The average molecular weight is 577 g/mol. The van der Waals surface area contributed by atoms with Crippen molar-refractivity contribution in [2.24, 2.45) is 17.8 Å². The molecule has 6 atom stereocenters. The number of likely N-dealkylation sites (tertiary alicyclic amines) is 1. The molecule has 4 fully saturated rings. The van der Waals surface area contributed by atoms with Crippen LogP contribution < -0.4 is 0 Å². The molecule has 9 nitrogen and oxygen atoms in total. The number of hydrogen-bond acceptors (Lipinski definition) is 7. The molecule has 10 heteroatoms. The number of nitrogens with zero attached hydrogens (tertiary/aromatic N) is 4. The predicted molar refractivity (Wildman–Crippen MR) is 158 cm³/mol. The topological polar surface area (TPSA) is 93.6 Å². The van der Waals surface area contributed by atoms with Crippen LogP contribution in [0.2, 0.25) is 0 Å². The molecule has 4 aliphatic rings. The Balaban J connectivity index is 1.73. The van der Waals surface area contributed by atoms with E-state index >= 15 is 0 Å². The number of likely N-dealkylation sites (N-methyl/N-ethyl adjacent to an activating group) is 1. The molecular formula is C30H48N4O5S. The van der Waals surface area contributed by atoms with Gasteiger partial charge in [0.25, 0.3) is 0 Å².